The highest BCUT2D eigenvalue weighted by atomic mass is 19.1. The fourth-order valence-corrected chi connectivity index (χ4v) is 1.28. The van der Waals surface area contributed by atoms with Crippen LogP contribution < -0.4 is 5.73 Å². The van der Waals surface area contributed by atoms with Crippen LogP contribution >= 0.6 is 0 Å². The maximum atomic E-state index is 13.3. The molecule has 0 aromatic heterocycles. The van der Waals surface area contributed by atoms with Crippen molar-refractivity contribution in [1.29, 1.82) is 0 Å². The number of hydrogen-bond acceptors (Lipinski definition) is 1. The summed E-state index contributed by atoms with van der Waals surface area (Å²) >= 11 is 0. The molecule has 1 amide bonds. The fourth-order valence-electron chi connectivity index (χ4n) is 1.28. The molecule has 1 aromatic carbocycles. The second-order valence-corrected chi connectivity index (χ2v) is 3.37. The smallest absolute Gasteiger partial charge is 0.248 e. The topological polar surface area (TPSA) is 43.1 Å². The molecule has 2 nitrogen and oxygen atoms in total. The molecule has 0 heterocycles. The molecule has 0 bridgehead atoms. The predicted octanol–water partition coefficient (Wildman–Crippen LogP) is 2.19. The molecule has 0 aliphatic heterocycles. The monoisotopic (exact) mass is 199 g/mol. The SMILES string of the molecule is CC(C)c1c(F)cc(C(N)=O)cc1F. The quantitative estimate of drug-likeness (QED) is 0.779. The van der Waals surface area contributed by atoms with E-state index >= 15 is 0 Å². The van der Waals surface area contributed by atoms with Gasteiger partial charge in [-0.2, -0.15) is 0 Å². The van der Waals surface area contributed by atoms with Crippen molar-refractivity contribution in [2.75, 3.05) is 0 Å². The van der Waals surface area contributed by atoms with E-state index in [4.69, 9.17) is 5.73 Å². The van der Waals surface area contributed by atoms with E-state index in [1.165, 1.54) is 0 Å². The van der Waals surface area contributed by atoms with Gasteiger partial charge in [0.1, 0.15) is 11.6 Å². The van der Waals surface area contributed by atoms with Gasteiger partial charge in [0.05, 0.1) is 0 Å². The molecule has 0 atom stereocenters. The van der Waals surface area contributed by atoms with Crippen LogP contribution in [0.2, 0.25) is 0 Å². The zero-order chi connectivity index (χ0) is 10.9. The summed E-state index contributed by atoms with van der Waals surface area (Å²) in [7, 11) is 0. The second kappa shape index (κ2) is 3.74. The molecule has 1 aromatic rings. The number of nitrogens with two attached hydrogens (primary N) is 1. The number of primary amides is 1. The van der Waals surface area contributed by atoms with Crippen molar-refractivity contribution in [1.82, 2.24) is 0 Å². The Hall–Kier alpha value is -1.45. The lowest BCUT2D eigenvalue weighted by atomic mass is 10.00. The van der Waals surface area contributed by atoms with Crippen LogP contribution in [0.4, 0.5) is 8.78 Å². The van der Waals surface area contributed by atoms with Crippen LogP contribution in [-0.4, -0.2) is 5.91 Å². The number of benzene rings is 1. The van der Waals surface area contributed by atoms with Crippen LogP contribution in [0.1, 0.15) is 35.7 Å². The lowest BCUT2D eigenvalue weighted by molar-refractivity contribution is 0.0999. The number of carbonyl (C=O) groups is 1. The molecule has 4 heteroatoms. The van der Waals surface area contributed by atoms with Crippen molar-refractivity contribution in [2.45, 2.75) is 19.8 Å². The average Bonchev–Trinajstić information content (AvgIpc) is 2.01. The van der Waals surface area contributed by atoms with Crippen molar-refractivity contribution < 1.29 is 13.6 Å². The summed E-state index contributed by atoms with van der Waals surface area (Å²) in [6.07, 6.45) is 0. The van der Waals surface area contributed by atoms with E-state index in [0.29, 0.717) is 0 Å². The maximum Gasteiger partial charge on any atom is 0.248 e. The zero-order valence-corrected chi connectivity index (χ0v) is 7.97. The Morgan fingerprint density at radius 1 is 1.29 bits per heavy atom. The minimum Gasteiger partial charge on any atom is -0.366 e. The first-order valence-corrected chi connectivity index (χ1v) is 4.22. The maximum absolute atomic E-state index is 13.3. The lowest BCUT2D eigenvalue weighted by Gasteiger charge is -2.09. The van der Waals surface area contributed by atoms with E-state index < -0.39 is 17.5 Å². The van der Waals surface area contributed by atoms with Gasteiger partial charge in [0.25, 0.3) is 0 Å². The Kier molecular flexibility index (Phi) is 2.84. The Balaban J connectivity index is 3.32. The van der Waals surface area contributed by atoms with E-state index in [0.717, 1.165) is 12.1 Å². The average molecular weight is 199 g/mol. The van der Waals surface area contributed by atoms with Crippen LogP contribution in [0.15, 0.2) is 12.1 Å². The van der Waals surface area contributed by atoms with Gasteiger partial charge in [0.15, 0.2) is 0 Å². The lowest BCUT2D eigenvalue weighted by Crippen LogP contribution is -2.13. The van der Waals surface area contributed by atoms with E-state index in [1.54, 1.807) is 13.8 Å². The van der Waals surface area contributed by atoms with Crippen molar-refractivity contribution in [3.05, 3.63) is 34.9 Å². The molecular formula is C10H11F2NO. The number of halogens is 2. The van der Waals surface area contributed by atoms with Gasteiger partial charge in [-0.1, -0.05) is 13.8 Å². The van der Waals surface area contributed by atoms with Crippen molar-refractivity contribution >= 4 is 5.91 Å². The van der Waals surface area contributed by atoms with Gasteiger partial charge >= 0.3 is 0 Å². The van der Waals surface area contributed by atoms with Crippen LogP contribution in [0, 0.1) is 11.6 Å². The molecule has 0 saturated heterocycles. The first-order valence-electron chi connectivity index (χ1n) is 4.22. The minimum absolute atomic E-state index is 0.0185. The first-order chi connectivity index (χ1) is 6.43. The Morgan fingerprint density at radius 2 is 1.71 bits per heavy atom. The molecule has 0 saturated carbocycles. The Bertz CT molecular complexity index is 351. The van der Waals surface area contributed by atoms with Crippen LogP contribution in [0.25, 0.3) is 0 Å². The molecule has 0 aliphatic rings. The summed E-state index contributed by atoms with van der Waals surface area (Å²) < 4.78 is 26.5. The van der Waals surface area contributed by atoms with Gasteiger partial charge in [0.2, 0.25) is 5.91 Å². The van der Waals surface area contributed by atoms with Gasteiger partial charge in [-0.05, 0) is 18.1 Å². The van der Waals surface area contributed by atoms with E-state index in [-0.39, 0.29) is 17.0 Å². The van der Waals surface area contributed by atoms with Gasteiger partial charge in [-0.3, -0.25) is 4.79 Å². The number of rotatable bonds is 2. The molecule has 76 valence electrons. The van der Waals surface area contributed by atoms with Crippen molar-refractivity contribution in [3.63, 3.8) is 0 Å². The first kappa shape index (κ1) is 10.6. The number of hydrogen-bond donors (Lipinski definition) is 1. The number of carbonyl (C=O) groups excluding carboxylic acids is 1. The molecule has 0 spiro atoms. The molecule has 2 N–H and O–H groups in total. The van der Waals surface area contributed by atoms with Gasteiger partial charge in [-0.15, -0.1) is 0 Å². The molecule has 1 rings (SSSR count). The molecule has 0 unspecified atom stereocenters. The van der Waals surface area contributed by atoms with Gasteiger partial charge in [0, 0.05) is 11.1 Å². The third-order valence-electron chi connectivity index (χ3n) is 1.94. The minimum atomic E-state index is -0.835. The number of amides is 1. The summed E-state index contributed by atoms with van der Waals surface area (Å²) in [5, 5.41) is 0. The highest BCUT2D eigenvalue weighted by Gasteiger charge is 2.15. The normalized spacial score (nSPS) is 10.6. The summed E-state index contributed by atoms with van der Waals surface area (Å²) in [6.45, 7) is 3.34. The van der Waals surface area contributed by atoms with Gasteiger partial charge < -0.3 is 5.73 Å². The molecule has 14 heavy (non-hydrogen) atoms. The zero-order valence-electron chi connectivity index (χ0n) is 7.97. The predicted molar refractivity (Wildman–Crippen MR) is 49.0 cm³/mol. The fraction of sp³-hybridized carbons (Fsp3) is 0.300. The Labute approximate surface area is 80.7 Å². The highest BCUT2D eigenvalue weighted by Crippen LogP contribution is 2.23. The summed E-state index contributed by atoms with van der Waals surface area (Å²) in [5.74, 6) is -2.56. The van der Waals surface area contributed by atoms with E-state index in [9.17, 15) is 13.6 Å². The molecule has 0 fully saturated rings. The third kappa shape index (κ3) is 1.89. The van der Waals surface area contributed by atoms with Crippen molar-refractivity contribution in [3.8, 4) is 0 Å². The summed E-state index contributed by atoms with van der Waals surface area (Å²) in [5.41, 5.74) is 4.74. The standard InChI is InChI=1S/C10H11F2NO/c1-5(2)9-7(11)3-6(10(13)14)4-8(9)12/h3-5H,1-2H3,(H2,13,14). The van der Waals surface area contributed by atoms with E-state index in [1.807, 2.05) is 0 Å². The summed E-state index contributed by atoms with van der Waals surface area (Å²) in [4.78, 5) is 10.7. The van der Waals surface area contributed by atoms with Crippen LogP contribution in [0.3, 0.4) is 0 Å². The van der Waals surface area contributed by atoms with Crippen LogP contribution in [-0.2, 0) is 0 Å². The summed E-state index contributed by atoms with van der Waals surface area (Å²) in [6, 6.07) is 1.92. The second-order valence-electron chi connectivity index (χ2n) is 3.37. The van der Waals surface area contributed by atoms with E-state index in [2.05, 4.69) is 0 Å². The largest absolute Gasteiger partial charge is 0.366 e. The highest BCUT2D eigenvalue weighted by molar-refractivity contribution is 5.92. The van der Waals surface area contributed by atoms with Gasteiger partial charge in [-0.25, -0.2) is 8.78 Å². The molecule has 0 aliphatic carbocycles. The van der Waals surface area contributed by atoms with Crippen LogP contribution in [0.5, 0.6) is 0 Å². The van der Waals surface area contributed by atoms with Crippen molar-refractivity contribution in [2.24, 2.45) is 5.73 Å². The third-order valence-corrected chi connectivity index (χ3v) is 1.94. The molecular weight excluding hydrogens is 188 g/mol. The Morgan fingerprint density at radius 3 is 2.00 bits per heavy atom. The molecule has 0 radical (unpaired) electrons.